The maximum atomic E-state index is 8.32. The third-order valence-electron chi connectivity index (χ3n) is 4.24. The summed E-state index contributed by atoms with van der Waals surface area (Å²) in [4.78, 5) is 14.8. The number of nitrogens with one attached hydrogen (secondary N) is 3. The highest BCUT2D eigenvalue weighted by Gasteiger charge is 2.18. The molecule has 0 bridgehead atoms. The summed E-state index contributed by atoms with van der Waals surface area (Å²) in [5.41, 5.74) is 4.18. The van der Waals surface area contributed by atoms with Crippen LogP contribution in [0.2, 0.25) is 0 Å². The van der Waals surface area contributed by atoms with Gasteiger partial charge in [-0.3, -0.25) is 0 Å². The van der Waals surface area contributed by atoms with Gasteiger partial charge in [0.1, 0.15) is 10.7 Å². The van der Waals surface area contributed by atoms with Gasteiger partial charge in [0.25, 0.3) is 0 Å². The number of nitrogens with zero attached hydrogens (tertiary/aromatic N) is 3. The van der Waals surface area contributed by atoms with E-state index < -0.39 is 0 Å². The van der Waals surface area contributed by atoms with Crippen molar-refractivity contribution in [1.82, 2.24) is 15.0 Å². The van der Waals surface area contributed by atoms with Crippen LogP contribution in [-0.4, -0.2) is 33.3 Å². The van der Waals surface area contributed by atoms with Gasteiger partial charge in [0, 0.05) is 23.3 Å². The molecular weight excluding hydrogens is 396 g/mol. The lowest BCUT2D eigenvalue weighted by Gasteiger charge is -2.20. The van der Waals surface area contributed by atoms with E-state index in [0.29, 0.717) is 36.1 Å². The molecule has 0 aromatic carbocycles. The number of anilines is 2. The number of hydrogen-bond acceptors (Lipinski definition) is 8. The number of aromatic nitrogens is 3. The lowest BCUT2D eigenvalue weighted by Crippen LogP contribution is -2.17. The van der Waals surface area contributed by atoms with Crippen LogP contribution in [-0.2, 0) is 6.54 Å². The molecule has 3 aromatic rings. The fourth-order valence-corrected chi connectivity index (χ4v) is 3.75. The van der Waals surface area contributed by atoms with E-state index in [1.807, 2.05) is 38.2 Å². The molecule has 0 saturated heterocycles. The van der Waals surface area contributed by atoms with Crippen LogP contribution in [0.5, 0.6) is 5.88 Å². The molecule has 0 unspecified atom stereocenters. The third-order valence-corrected chi connectivity index (χ3v) is 5.15. The minimum Gasteiger partial charge on any atom is -0.477 e. The first-order valence-electron chi connectivity index (χ1n) is 9.99. The number of ether oxygens (including phenoxy) is 1. The Bertz CT molecular complexity index is 1030. The van der Waals surface area contributed by atoms with E-state index in [0.717, 1.165) is 21.9 Å². The van der Waals surface area contributed by atoms with Gasteiger partial charge in [-0.2, -0.15) is 0 Å². The minimum atomic E-state index is 0.191. The van der Waals surface area contributed by atoms with Gasteiger partial charge in [0.2, 0.25) is 5.88 Å². The van der Waals surface area contributed by atoms with Gasteiger partial charge >= 0.3 is 0 Å². The highest BCUT2D eigenvalue weighted by atomic mass is 32.1. The molecular formula is C22H28N6OS. The Hall–Kier alpha value is -3.00. The topological polar surface area (TPSA) is 95.8 Å². The fraction of sp³-hybridized carbons (Fsp3) is 0.364. The van der Waals surface area contributed by atoms with E-state index in [-0.39, 0.29) is 6.04 Å². The first kappa shape index (κ1) is 21.7. The first-order valence-corrected chi connectivity index (χ1v) is 10.8. The molecule has 0 aliphatic heterocycles. The zero-order valence-electron chi connectivity index (χ0n) is 18.0. The Kier molecular flexibility index (Phi) is 6.99. The Labute approximate surface area is 181 Å². The molecule has 0 radical (unpaired) electrons. The van der Waals surface area contributed by atoms with Crippen molar-refractivity contribution in [2.75, 3.05) is 17.2 Å². The standard InChI is InChI=1S/C22H28N6OS/c1-6-29-22-16(8-7-9-24-22)17-10-18(25-12-19-26-11-14(4)30-19)21(27-13(2)3)20(28-17)15(5)23/h7-11,13,23,27H,6,12H2,1-5H3,(H,25,28). The SMILES string of the molecule is CCOc1ncccc1-c1cc(NCc2ncc(C)s2)c(NC(C)C)c(C(C)=N)n1. The monoisotopic (exact) mass is 424 g/mol. The Morgan fingerprint density at radius 1 is 1.30 bits per heavy atom. The second-order valence-corrected chi connectivity index (χ2v) is 8.53. The van der Waals surface area contributed by atoms with Crippen molar-refractivity contribution in [1.29, 1.82) is 5.41 Å². The molecule has 3 aromatic heterocycles. The Morgan fingerprint density at radius 3 is 2.73 bits per heavy atom. The summed E-state index contributed by atoms with van der Waals surface area (Å²) in [6.07, 6.45) is 3.58. The molecule has 0 aliphatic rings. The van der Waals surface area contributed by atoms with Gasteiger partial charge in [-0.05, 0) is 52.8 Å². The van der Waals surface area contributed by atoms with Crippen molar-refractivity contribution in [2.24, 2.45) is 0 Å². The number of aryl methyl sites for hydroxylation is 1. The van der Waals surface area contributed by atoms with Gasteiger partial charge in [0.15, 0.2) is 0 Å². The van der Waals surface area contributed by atoms with Crippen molar-refractivity contribution in [3.8, 4) is 17.1 Å². The van der Waals surface area contributed by atoms with Crippen LogP contribution in [0, 0.1) is 12.3 Å². The second kappa shape index (κ2) is 9.67. The van der Waals surface area contributed by atoms with Gasteiger partial charge in [-0.25, -0.2) is 15.0 Å². The molecule has 3 N–H and O–H groups in total. The van der Waals surface area contributed by atoms with E-state index in [1.54, 1.807) is 24.5 Å². The van der Waals surface area contributed by atoms with Crippen molar-refractivity contribution < 1.29 is 4.74 Å². The highest BCUT2D eigenvalue weighted by Crippen LogP contribution is 2.34. The fourth-order valence-electron chi connectivity index (χ4n) is 3.02. The predicted molar refractivity (Wildman–Crippen MR) is 124 cm³/mol. The van der Waals surface area contributed by atoms with E-state index in [2.05, 4.69) is 34.4 Å². The van der Waals surface area contributed by atoms with Crippen LogP contribution >= 0.6 is 11.3 Å². The van der Waals surface area contributed by atoms with Gasteiger partial charge in [0.05, 0.1) is 41.5 Å². The number of pyridine rings is 2. The summed E-state index contributed by atoms with van der Waals surface area (Å²) in [5, 5.41) is 16.3. The molecule has 3 heterocycles. The minimum absolute atomic E-state index is 0.191. The van der Waals surface area contributed by atoms with Gasteiger partial charge < -0.3 is 20.8 Å². The van der Waals surface area contributed by atoms with Crippen LogP contribution in [0.4, 0.5) is 11.4 Å². The Morgan fingerprint density at radius 2 is 2.10 bits per heavy atom. The lowest BCUT2D eigenvalue weighted by atomic mass is 10.1. The molecule has 0 spiro atoms. The molecule has 0 fully saturated rings. The molecule has 7 nitrogen and oxygen atoms in total. The van der Waals surface area contributed by atoms with Crippen molar-refractivity contribution >= 4 is 28.4 Å². The van der Waals surface area contributed by atoms with E-state index in [1.165, 1.54) is 4.88 Å². The summed E-state index contributed by atoms with van der Waals surface area (Å²) < 4.78 is 5.71. The van der Waals surface area contributed by atoms with Crippen molar-refractivity contribution in [3.63, 3.8) is 0 Å². The van der Waals surface area contributed by atoms with Crippen LogP contribution < -0.4 is 15.4 Å². The summed E-state index contributed by atoms with van der Waals surface area (Å²) in [5.74, 6) is 0.534. The zero-order valence-corrected chi connectivity index (χ0v) is 18.9. The number of hydrogen-bond donors (Lipinski definition) is 3. The quantitative estimate of drug-likeness (QED) is 0.412. The molecule has 0 atom stereocenters. The van der Waals surface area contributed by atoms with Crippen molar-refractivity contribution in [2.45, 2.75) is 47.2 Å². The maximum Gasteiger partial charge on any atom is 0.222 e. The van der Waals surface area contributed by atoms with E-state index in [9.17, 15) is 0 Å². The smallest absolute Gasteiger partial charge is 0.222 e. The summed E-state index contributed by atoms with van der Waals surface area (Å²) >= 11 is 1.66. The molecule has 30 heavy (non-hydrogen) atoms. The largest absolute Gasteiger partial charge is 0.477 e. The molecule has 0 amide bonds. The third kappa shape index (κ3) is 5.13. The predicted octanol–water partition coefficient (Wildman–Crippen LogP) is 5.13. The first-order chi connectivity index (χ1) is 14.4. The zero-order chi connectivity index (χ0) is 21.7. The molecule has 8 heteroatoms. The van der Waals surface area contributed by atoms with Gasteiger partial charge in [-0.1, -0.05) is 0 Å². The highest BCUT2D eigenvalue weighted by molar-refractivity contribution is 7.11. The molecule has 3 rings (SSSR count). The Balaban J connectivity index is 2.10. The summed E-state index contributed by atoms with van der Waals surface area (Å²) in [7, 11) is 0. The van der Waals surface area contributed by atoms with Crippen molar-refractivity contribution in [3.05, 3.63) is 46.2 Å². The van der Waals surface area contributed by atoms with Crippen LogP contribution in [0.25, 0.3) is 11.3 Å². The number of thiazole rings is 1. The molecule has 0 aliphatic carbocycles. The average molecular weight is 425 g/mol. The van der Waals surface area contributed by atoms with E-state index in [4.69, 9.17) is 15.1 Å². The molecule has 0 saturated carbocycles. The van der Waals surface area contributed by atoms with Gasteiger partial charge in [-0.15, -0.1) is 11.3 Å². The maximum absolute atomic E-state index is 8.32. The lowest BCUT2D eigenvalue weighted by molar-refractivity contribution is 0.328. The van der Waals surface area contributed by atoms with Crippen LogP contribution in [0.1, 0.15) is 43.3 Å². The van der Waals surface area contributed by atoms with Crippen LogP contribution in [0.15, 0.2) is 30.6 Å². The summed E-state index contributed by atoms with van der Waals surface area (Å²) in [6.45, 7) is 11.0. The van der Waals surface area contributed by atoms with Crippen LogP contribution in [0.3, 0.4) is 0 Å². The average Bonchev–Trinajstić information content (AvgIpc) is 3.12. The second-order valence-electron chi connectivity index (χ2n) is 7.21. The molecule has 158 valence electrons. The summed E-state index contributed by atoms with van der Waals surface area (Å²) in [6, 6.07) is 5.97. The number of rotatable bonds is 9. The normalized spacial score (nSPS) is 10.9. The van der Waals surface area contributed by atoms with E-state index >= 15 is 0 Å².